The van der Waals surface area contributed by atoms with E-state index in [0.29, 0.717) is 28.3 Å². The second-order valence-corrected chi connectivity index (χ2v) is 5.24. The molecule has 5 rings (SSSR count). The maximum Gasteiger partial charge on any atom is 0.260 e. The Balaban J connectivity index is 1.83. The molecule has 2 aromatic carbocycles. The largest absolute Gasteiger partial charge is 0.335 e. The first-order valence-corrected chi connectivity index (χ1v) is 7.12. The lowest BCUT2D eigenvalue weighted by molar-refractivity contribution is 0.975. The van der Waals surface area contributed by atoms with Gasteiger partial charge in [-0.2, -0.15) is 9.50 Å². The Kier molecular flexibility index (Phi) is 2.24. The molecule has 3 aromatic heterocycles. The van der Waals surface area contributed by atoms with E-state index in [1.165, 1.54) is 0 Å². The van der Waals surface area contributed by atoms with Crippen molar-refractivity contribution in [3.63, 3.8) is 0 Å². The molecule has 0 aliphatic carbocycles. The van der Waals surface area contributed by atoms with Crippen LogP contribution in [0.4, 0.5) is 0 Å². The van der Waals surface area contributed by atoms with Crippen molar-refractivity contribution in [2.75, 3.05) is 0 Å². The average molecular weight is 302 g/mol. The highest BCUT2D eigenvalue weighted by atomic mass is 16.1. The molecule has 3 heterocycles. The number of aromatic amines is 2. The molecular formula is C16H10N6O. The van der Waals surface area contributed by atoms with Gasteiger partial charge in [0.25, 0.3) is 5.56 Å². The standard InChI is InChI=1S/C16H10N6O/c23-15-9-5-1-4-8-12(9)22-16(20-15)19-14(21-22)13-17-10-6-2-3-7-11(10)18-13/h1-8H,(H,17,18)(H,19,20,21,23). The lowest BCUT2D eigenvalue weighted by atomic mass is 10.2. The van der Waals surface area contributed by atoms with E-state index in [-0.39, 0.29) is 5.56 Å². The maximum absolute atomic E-state index is 12.1. The minimum absolute atomic E-state index is 0.184. The van der Waals surface area contributed by atoms with Crippen LogP contribution in [0.2, 0.25) is 0 Å². The van der Waals surface area contributed by atoms with Crippen LogP contribution in [0.25, 0.3) is 39.4 Å². The molecule has 0 saturated heterocycles. The van der Waals surface area contributed by atoms with Gasteiger partial charge >= 0.3 is 0 Å². The van der Waals surface area contributed by atoms with E-state index >= 15 is 0 Å². The average Bonchev–Trinajstić information content (AvgIpc) is 3.18. The van der Waals surface area contributed by atoms with E-state index in [1.807, 2.05) is 42.5 Å². The molecule has 2 N–H and O–H groups in total. The number of imidazole rings is 1. The van der Waals surface area contributed by atoms with Crippen molar-refractivity contribution in [3.8, 4) is 11.6 Å². The zero-order chi connectivity index (χ0) is 15.4. The highest BCUT2D eigenvalue weighted by Gasteiger charge is 2.14. The monoisotopic (exact) mass is 302 g/mol. The van der Waals surface area contributed by atoms with Crippen molar-refractivity contribution in [3.05, 3.63) is 58.9 Å². The Bertz CT molecular complexity index is 1210. The van der Waals surface area contributed by atoms with E-state index in [2.05, 4.69) is 25.0 Å². The Labute approximate surface area is 128 Å². The van der Waals surface area contributed by atoms with Gasteiger partial charge in [0, 0.05) is 0 Å². The van der Waals surface area contributed by atoms with Crippen molar-refractivity contribution in [2.45, 2.75) is 0 Å². The minimum Gasteiger partial charge on any atom is -0.335 e. The van der Waals surface area contributed by atoms with E-state index in [1.54, 1.807) is 10.6 Å². The van der Waals surface area contributed by atoms with Gasteiger partial charge in [-0.3, -0.25) is 9.78 Å². The summed E-state index contributed by atoms with van der Waals surface area (Å²) in [6.45, 7) is 0. The van der Waals surface area contributed by atoms with Crippen LogP contribution in [0.1, 0.15) is 0 Å². The highest BCUT2D eigenvalue weighted by molar-refractivity contribution is 5.80. The van der Waals surface area contributed by atoms with Gasteiger partial charge in [0.05, 0.1) is 21.9 Å². The first-order valence-electron chi connectivity index (χ1n) is 7.12. The first kappa shape index (κ1) is 12.1. The Hall–Kier alpha value is -3.48. The van der Waals surface area contributed by atoms with Crippen molar-refractivity contribution in [1.82, 2.24) is 29.5 Å². The number of H-pyrrole nitrogens is 2. The molecule has 0 aliphatic heterocycles. The molecule has 0 fully saturated rings. The fraction of sp³-hybridized carbons (Fsp3) is 0. The summed E-state index contributed by atoms with van der Waals surface area (Å²) in [4.78, 5) is 26.9. The van der Waals surface area contributed by atoms with Crippen LogP contribution in [0, 0.1) is 0 Å². The van der Waals surface area contributed by atoms with Gasteiger partial charge in [-0.1, -0.05) is 24.3 Å². The quantitative estimate of drug-likeness (QED) is 0.496. The van der Waals surface area contributed by atoms with Crippen molar-refractivity contribution >= 4 is 27.7 Å². The summed E-state index contributed by atoms with van der Waals surface area (Å²) in [5.74, 6) is 1.40. The van der Waals surface area contributed by atoms with Gasteiger partial charge < -0.3 is 4.98 Å². The highest BCUT2D eigenvalue weighted by Crippen LogP contribution is 2.19. The molecule has 5 aromatic rings. The van der Waals surface area contributed by atoms with E-state index in [0.717, 1.165) is 11.0 Å². The molecule has 0 bridgehead atoms. The second-order valence-electron chi connectivity index (χ2n) is 5.24. The summed E-state index contributed by atoms with van der Waals surface area (Å²) < 4.78 is 1.62. The van der Waals surface area contributed by atoms with Crippen molar-refractivity contribution < 1.29 is 0 Å². The predicted octanol–water partition coefficient (Wildman–Crippen LogP) is 2.11. The van der Waals surface area contributed by atoms with Gasteiger partial charge in [-0.25, -0.2) is 4.98 Å². The zero-order valence-corrected chi connectivity index (χ0v) is 11.8. The van der Waals surface area contributed by atoms with Gasteiger partial charge in [0.15, 0.2) is 5.82 Å². The normalized spacial score (nSPS) is 11.7. The fourth-order valence-electron chi connectivity index (χ4n) is 2.74. The molecule has 110 valence electrons. The Morgan fingerprint density at radius 2 is 1.74 bits per heavy atom. The number of fused-ring (bicyclic) bond motifs is 4. The number of nitrogens with one attached hydrogen (secondary N) is 2. The minimum atomic E-state index is -0.184. The summed E-state index contributed by atoms with van der Waals surface area (Å²) in [6.07, 6.45) is 0. The van der Waals surface area contributed by atoms with Crippen molar-refractivity contribution in [2.24, 2.45) is 0 Å². The summed E-state index contributed by atoms with van der Waals surface area (Å²) in [7, 11) is 0. The zero-order valence-electron chi connectivity index (χ0n) is 11.8. The van der Waals surface area contributed by atoms with Crippen LogP contribution in [0.5, 0.6) is 0 Å². The van der Waals surface area contributed by atoms with Crippen LogP contribution in [0.3, 0.4) is 0 Å². The number of nitrogens with zero attached hydrogens (tertiary/aromatic N) is 4. The molecule has 0 amide bonds. The first-order chi connectivity index (χ1) is 11.3. The number of hydrogen-bond acceptors (Lipinski definition) is 4. The molecular weight excluding hydrogens is 292 g/mol. The van der Waals surface area contributed by atoms with Crippen molar-refractivity contribution in [1.29, 1.82) is 0 Å². The molecule has 0 spiro atoms. The molecule has 0 unspecified atom stereocenters. The van der Waals surface area contributed by atoms with Gasteiger partial charge in [-0.05, 0) is 24.3 Å². The van der Waals surface area contributed by atoms with Gasteiger partial charge in [-0.15, -0.1) is 5.10 Å². The fourth-order valence-corrected chi connectivity index (χ4v) is 2.74. The summed E-state index contributed by atoms with van der Waals surface area (Å²) in [5.41, 5.74) is 2.29. The molecule has 7 heteroatoms. The van der Waals surface area contributed by atoms with Crippen LogP contribution in [-0.2, 0) is 0 Å². The van der Waals surface area contributed by atoms with E-state index in [4.69, 9.17) is 0 Å². The van der Waals surface area contributed by atoms with Crippen LogP contribution in [0.15, 0.2) is 53.3 Å². The number of benzene rings is 2. The summed E-state index contributed by atoms with van der Waals surface area (Å²) >= 11 is 0. The summed E-state index contributed by atoms with van der Waals surface area (Å²) in [6, 6.07) is 15.0. The molecule has 0 aliphatic rings. The number of rotatable bonds is 1. The molecule has 0 atom stereocenters. The van der Waals surface area contributed by atoms with Crippen LogP contribution < -0.4 is 5.56 Å². The molecule has 7 nitrogen and oxygen atoms in total. The van der Waals surface area contributed by atoms with Gasteiger partial charge in [0.2, 0.25) is 11.6 Å². The van der Waals surface area contributed by atoms with Crippen LogP contribution >= 0.6 is 0 Å². The lowest BCUT2D eigenvalue weighted by Crippen LogP contribution is -2.10. The second kappa shape index (κ2) is 4.26. The lowest BCUT2D eigenvalue weighted by Gasteiger charge is -1.97. The molecule has 0 radical (unpaired) electrons. The number of aromatic nitrogens is 6. The third-order valence-corrected chi connectivity index (χ3v) is 3.81. The SMILES string of the molecule is O=c1[nH]c2nc(-c3nc4ccccc4[nH]3)nn2c2ccccc12. The predicted molar refractivity (Wildman–Crippen MR) is 86.2 cm³/mol. The number of para-hydroxylation sites is 3. The van der Waals surface area contributed by atoms with E-state index in [9.17, 15) is 4.79 Å². The maximum atomic E-state index is 12.1. The molecule has 23 heavy (non-hydrogen) atoms. The van der Waals surface area contributed by atoms with Crippen LogP contribution in [-0.4, -0.2) is 29.5 Å². The molecule has 0 saturated carbocycles. The summed E-state index contributed by atoms with van der Waals surface area (Å²) in [5, 5.41) is 5.06. The third-order valence-electron chi connectivity index (χ3n) is 3.81. The van der Waals surface area contributed by atoms with E-state index < -0.39 is 0 Å². The Morgan fingerprint density at radius 1 is 0.913 bits per heavy atom. The topological polar surface area (TPSA) is 91.7 Å². The number of hydrogen-bond donors (Lipinski definition) is 2. The van der Waals surface area contributed by atoms with Gasteiger partial charge in [0.1, 0.15) is 0 Å². The Morgan fingerprint density at radius 3 is 2.65 bits per heavy atom. The third kappa shape index (κ3) is 1.70. The smallest absolute Gasteiger partial charge is 0.260 e.